The van der Waals surface area contributed by atoms with E-state index in [0.29, 0.717) is 76.9 Å². The van der Waals surface area contributed by atoms with Gasteiger partial charge < -0.3 is 38.3 Å². The highest BCUT2D eigenvalue weighted by atomic mass is 32.1. The maximum absolute atomic E-state index is 14.9. The largest absolute Gasteiger partial charge is 0.464 e. The first-order valence-electron chi connectivity index (χ1n) is 23.1. The number of pyridine rings is 1. The van der Waals surface area contributed by atoms with Crippen LogP contribution in [0.4, 0.5) is 0 Å². The number of carbonyl (C=O) groups excluding carboxylic acids is 3. The number of rotatable bonds is 11. The molecule has 65 heavy (non-hydrogen) atoms. The van der Waals surface area contributed by atoms with Gasteiger partial charge in [-0.3, -0.25) is 29.3 Å². The Kier molecular flexibility index (Phi) is 13.7. The summed E-state index contributed by atoms with van der Waals surface area (Å²) in [6.45, 7) is 12.8. The third kappa shape index (κ3) is 9.48. The van der Waals surface area contributed by atoms with Gasteiger partial charge in [-0.25, -0.2) is 10.4 Å². The number of nitrogens with zero attached hydrogens (tertiary/aromatic N) is 5. The number of thiazole rings is 1. The number of carbonyl (C=O) groups is 3. The number of fused-ring (bicyclic) bond motifs is 6. The van der Waals surface area contributed by atoms with Crippen LogP contribution >= 0.6 is 11.3 Å². The van der Waals surface area contributed by atoms with Gasteiger partial charge in [-0.15, -0.1) is 11.3 Å². The van der Waals surface area contributed by atoms with Gasteiger partial charge in [-0.1, -0.05) is 26.8 Å². The van der Waals surface area contributed by atoms with E-state index in [1.807, 2.05) is 25.3 Å². The van der Waals surface area contributed by atoms with E-state index in [0.717, 1.165) is 57.5 Å². The van der Waals surface area contributed by atoms with E-state index in [1.54, 1.807) is 20.4 Å². The van der Waals surface area contributed by atoms with E-state index in [4.69, 9.17) is 38.4 Å². The van der Waals surface area contributed by atoms with E-state index in [2.05, 4.69) is 58.3 Å². The molecule has 4 saturated heterocycles. The maximum atomic E-state index is 14.9. The Hall–Kier alpha value is -4.33. The Balaban J connectivity index is 1.19. The number of amides is 2. The Morgan fingerprint density at radius 2 is 1.92 bits per heavy atom. The van der Waals surface area contributed by atoms with Crippen LogP contribution in [0.5, 0.6) is 0 Å². The van der Waals surface area contributed by atoms with E-state index >= 15 is 0 Å². The molecule has 0 aliphatic carbocycles. The van der Waals surface area contributed by atoms with Crippen molar-refractivity contribution in [2.24, 2.45) is 11.3 Å². The van der Waals surface area contributed by atoms with Crippen molar-refractivity contribution in [3.63, 3.8) is 0 Å². The van der Waals surface area contributed by atoms with Crippen LogP contribution in [0, 0.1) is 11.3 Å². The number of hydrogen-bond donors (Lipinski definition) is 2. The first-order valence-corrected chi connectivity index (χ1v) is 24.0. The van der Waals surface area contributed by atoms with Crippen LogP contribution in [0.25, 0.3) is 33.4 Å². The van der Waals surface area contributed by atoms with Crippen molar-refractivity contribution >= 4 is 40.0 Å². The molecule has 0 spiro atoms. The number of ether oxygens (including phenoxy) is 6. The molecule has 5 aliphatic heterocycles. The topological polar surface area (TPSA) is 168 Å². The standard InChI is InChI=1S/C48H63N7O9S/c1-28-25-63-43(28)44(56)51-40-42(53-23-32(24-53)60-6)45-50-37(26-65-45)30-11-12-38-34(21-30)35(22-48(3,4)27-64-47(58)36-10-8-16-55(52-36)46(40)57)41(33-9-7-15-49-39(33)29(2)59-5)54(38)17-20-62-31-13-18-61-19-14-31/h7,9,11-12,15,21,26,28-29,31-32,36,40,42-43,52H,8,10,13-14,16-20,22-25,27H2,1-6H3,(H,51,56)/t28-,29-,36-,40-,42-,43-/m0/s1. The van der Waals surface area contributed by atoms with Crippen molar-refractivity contribution < 1.29 is 42.8 Å². The molecule has 3 aromatic heterocycles. The Morgan fingerprint density at radius 3 is 2.66 bits per heavy atom. The van der Waals surface area contributed by atoms with Crippen molar-refractivity contribution in [2.75, 3.05) is 66.9 Å². The highest BCUT2D eigenvalue weighted by molar-refractivity contribution is 7.10. The monoisotopic (exact) mass is 913 g/mol. The number of methoxy groups -OCH3 is 2. The van der Waals surface area contributed by atoms with Crippen LogP contribution < -0.4 is 10.7 Å². The molecule has 4 aromatic rings. The van der Waals surface area contributed by atoms with E-state index < -0.39 is 35.6 Å². The molecule has 0 unspecified atom stereocenters. The number of hydrazine groups is 1. The second-order valence-corrected chi connectivity index (χ2v) is 19.9. The van der Waals surface area contributed by atoms with Gasteiger partial charge in [-0.2, -0.15) is 0 Å². The minimum Gasteiger partial charge on any atom is -0.464 e. The highest BCUT2D eigenvalue weighted by Gasteiger charge is 2.47. The molecule has 6 bridgehead atoms. The van der Waals surface area contributed by atoms with Crippen LogP contribution in [0.15, 0.2) is 41.9 Å². The van der Waals surface area contributed by atoms with Gasteiger partial charge in [0.15, 0.2) is 0 Å². The fourth-order valence-electron chi connectivity index (χ4n) is 9.83. The third-order valence-electron chi connectivity index (χ3n) is 13.7. The predicted molar refractivity (Wildman–Crippen MR) is 244 cm³/mol. The van der Waals surface area contributed by atoms with Crippen LogP contribution in [0.1, 0.15) is 81.8 Å². The van der Waals surface area contributed by atoms with Crippen molar-refractivity contribution in [2.45, 2.75) is 109 Å². The number of esters is 1. The Morgan fingerprint density at radius 1 is 1.11 bits per heavy atom. The average molecular weight is 914 g/mol. The zero-order valence-corrected chi connectivity index (χ0v) is 39.2. The average Bonchev–Trinajstić information content (AvgIpc) is 3.90. The molecular weight excluding hydrogens is 851 g/mol. The van der Waals surface area contributed by atoms with Gasteiger partial charge in [0.2, 0.25) is 5.91 Å². The molecule has 2 N–H and O–H groups in total. The maximum Gasteiger partial charge on any atom is 0.324 e. The minimum absolute atomic E-state index is 0.00968. The van der Waals surface area contributed by atoms with Gasteiger partial charge in [-0.05, 0) is 68.9 Å². The normalized spacial score (nSPS) is 26.2. The molecular formula is C48H63N7O9S. The first-order chi connectivity index (χ1) is 31.4. The number of likely N-dealkylation sites (tertiary alicyclic amines) is 1. The smallest absolute Gasteiger partial charge is 0.324 e. The fourth-order valence-corrected chi connectivity index (χ4v) is 10.8. The van der Waals surface area contributed by atoms with Gasteiger partial charge in [0.1, 0.15) is 23.2 Å². The molecule has 16 nitrogen and oxygen atoms in total. The van der Waals surface area contributed by atoms with Crippen LogP contribution in [-0.4, -0.2) is 140 Å². The number of nitrogens with one attached hydrogen (secondary N) is 2. The van der Waals surface area contributed by atoms with Crippen LogP contribution in [-0.2, 0) is 55.8 Å². The summed E-state index contributed by atoms with van der Waals surface area (Å²) in [5.41, 5.74) is 9.28. The predicted octanol–water partition coefficient (Wildman–Crippen LogP) is 5.24. The summed E-state index contributed by atoms with van der Waals surface area (Å²) in [4.78, 5) is 55.2. The number of cyclic esters (lactones) is 1. The second-order valence-electron chi connectivity index (χ2n) is 19.0. The second kappa shape index (κ2) is 19.5. The zero-order valence-electron chi connectivity index (χ0n) is 38.4. The number of aromatic nitrogens is 3. The number of benzene rings is 1. The van der Waals surface area contributed by atoms with E-state index in [9.17, 15) is 14.4 Å². The summed E-state index contributed by atoms with van der Waals surface area (Å²) in [6.07, 6.45) is 4.31. The zero-order chi connectivity index (χ0) is 45.4. The molecule has 2 amide bonds. The van der Waals surface area contributed by atoms with Crippen molar-refractivity contribution in [3.8, 4) is 22.5 Å². The summed E-state index contributed by atoms with van der Waals surface area (Å²) in [5.74, 6) is -1.13. The van der Waals surface area contributed by atoms with Crippen LogP contribution in [0.2, 0.25) is 0 Å². The molecule has 0 radical (unpaired) electrons. The summed E-state index contributed by atoms with van der Waals surface area (Å²) < 4.78 is 38.0. The van der Waals surface area contributed by atoms with Gasteiger partial charge in [0.05, 0.1) is 61.3 Å². The van der Waals surface area contributed by atoms with E-state index in [-0.39, 0.29) is 42.7 Å². The van der Waals surface area contributed by atoms with Crippen molar-refractivity contribution in [1.82, 2.24) is 35.2 Å². The lowest BCUT2D eigenvalue weighted by Gasteiger charge is -2.46. The minimum atomic E-state index is -1.05. The highest BCUT2D eigenvalue weighted by Crippen LogP contribution is 2.43. The lowest BCUT2D eigenvalue weighted by molar-refractivity contribution is -0.164. The molecule has 9 rings (SSSR count). The number of hydrogen-bond acceptors (Lipinski definition) is 14. The third-order valence-corrected chi connectivity index (χ3v) is 14.6. The summed E-state index contributed by atoms with van der Waals surface area (Å²) in [7, 11) is 3.38. The first kappa shape index (κ1) is 45.8. The molecule has 17 heteroatoms. The SMILES string of the molecule is COC1CN([C@@H]2c3nc(cs3)-c3ccc4c(c3)c(c(-c3cccnc3[C@H](C)OC)n4CCOC3CCOCC3)CC(C)(C)COC(=O)[C@@H]3CCCN(N3)C(=O)[C@H]2NC(=O)[C@H]2OC[C@@H]2C)C1. The molecule has 6 atom stereocenters. The molecule has 8 heterocycles. The lowest BCUT2D eigenvalue weighted by atomic mass is 9.84. The Labute approximate surface area is 384 Å². The summed E-state index contributed by atoms with van der Waals surface area (Å²) in [6, 6.07) is 8.12. The van der Waals surface area contributed by atoms with Gasteiger partial charge in [0.25, 0.3) is 5.91 Å². The van der Waals surface area contributed by atoms with Gasteiger partial charge >= 0.3 is 5.97 Å². The summed E-state index contributed by atoms with van der Waals surface area (Å²) >= 11 is 1.47. The van der Waals surface area contributed by atoms with Gasteiger partial charge in [0, 0.05) is 98.6 Å². The molecule has 0 saturated carbocycles. The van der Waals surface area contributed by atoms with Crippen molar-refractivity contribution in [3.05, 3.63) is 58.2 Å². The molecule has 5 aliphatic rings. The molecule has 1 aromatic carbocycles. The molecule has 4 fully saturated rings. The molecule has 350 valence electrons. The quantitative estimate of drug-likeness (QED) is 0.188. The van der Waals surface area contributed by atoms with E-state index in [1.165, 1.54) is 16.3 Å². The van der Waals surface area contributed by atoms with Crippen LogP contribution in [0.3, 0.4) is 0 Å². The summed E-state index contributed by atoms with van der Waals surface area (Å²) in [5, 5.41) is 8.37. The Bertz CT molecular complexity index is 2360. The van der Waals surface area contributed by atoms with Crippen molar-refractivity contribution in [1.29, 1.82) is 0 Å². The lowest BCUT2D eigenvalue weighted by Crippen LogP contribution is -2.66. The fraction of sp³-hybridized carbons (Fsp3) is 0.604.